The van der Waals surface area contributed by atoms with Gasteiger partial charge in [0.1, 0.15) is 5.57 Å². The van der Waals surface area contributed by atoms with Crippen LogP contribution in [0, 0.1) is 20.8 Å². The number of aryl methyl sites for hydroxylation is 4. The summed E-state index contributed by atoms with van der Waals surface area (Å²) < 4.78 is 3.13. The molecule has 0 saturated carbocycles. The quantitative estimate of drug-likeness (QED) is 0.322. The van der Waals surface area contributed by atoms with E-state index in [4.69, 9.17) is 0 Å². The summed E-state index contributed by atoms with van der Waals surface area (Å²) >= 11 is 0. The third-order valence-corrected chi connectivity index (χ3v) is 6.45. The average Bonchev–Trinajstić information content (AvgIpc) is 3.31. The summed E-state index contributed by atoms with van der Waals surface area (Å²) in [6.45, 7) is 7.79. The summed E-state index contributed by atoms with van der Waals surface area (Å²) in [5.41, 5.74) is 4.71. The molecule has 0 bridgehead atoms. The molecule has 0 aliphatic carbocycles. The molecule has 0 radical (unpaired) electrons. The Morgan fingerprint density at radius 1 is 0.784 bits per heavy atom. The van der Waals surface area contributed by atoms with Crippen molar-refractivity contribution in [1.82, 2.24) is 9.78 Å². The smallest absolute Gasteiger partial charge is 0.294 e. The van der Waals surface area contributed by atoms with Gasteiger partial charge in [0.05, 0.1) is 16.9 Å². The number of H-pyrrole nitrogens is 1. The third-order valence-electron chi connectivity index (χ3n) is 6.45. The van der Waals surface area contributed by atoms with Crippen molar-refractivity contribution in [3.63, 3.8) is 0 Å². The average molecular weight is 494 g/mol. The molecule has 1 aliphatic heterocycles. The van der Waals surface area contributed by atoms with Crippen LogP contribution < -0.4 is 15.0 Å². The van der Waals surface area contributed by atoms with Gasteiger partial charge in [-0.05, 0) is 63.1 Å². The van der Waals surface area contributed by atoms with Crippen molar-refractivity contribution in [2.75, 3.05) is 4.90 Å². The number of amides is 2. The summed E-state index contributed by atoms with van der Waals surface area (Å²) in [7, 11) is 0. The number of pyridine rings is 1. The van der Waals surface area contributed by atoms with Crippen LogP contribution in [0.2, 0.25) is 0 Å². The van der Waals surface area contributed by atoms with Gasteiger partial charge in [-0.2, -0.15) is 4.57 Å². The monoisotopic (exact) mass is 493 g/mol. The molecule has 1 aliphatic rings. The van der Waals surface area contributed by atoms with Crippen LogP contribution in [0.4, 0.5) is 5.69 Å². The van der Waals surface area contributed by atoms with Gasteiger partial charge in [-0.3, -0.25) is 19.5 Å². The number of para-hydroxylation sites is 1. The standard InChI is InChI=1S/C30H28N4O3/c1-5-10-24-25(29(36)34(31-24)22-12-7-6-8-13-22)26-27(32-17-20(3)15-21(4)18-32)30(37)33(28(26)35)23-14-9-11-19(2)16-23/h6-9,11-18H,5,10H2,1-4H3/p+1. The van der Waals surface area contributed by atoms with E-state index in [-0.39, 0.29) is 22.4 Å². The van der Waals surface area contributed by atoms with Gasteiger partial charge >= 0.3 is 5.91 Å². The lowest BCUT2D eigenvalue weighted by Gasteiger charge is -2.14. The topological polar surface area (TPSA) is 79.1 Å². The van der Waals surface area contributed by atoms with Crippen molar-refractivity contribution in [3.8, 4) is 5.69 Å². The highest BCUT2D eigenvalue weighted by atomic mass is 16.2. The van der Waals surface area contributed by atoms with Crippen LogP contribution in [-0.4, -0.2) is 21.6 Å². The van der Waals surface area contributed by atoms with Crippen molar-refractivity contribution >= 4 is 28.8 Å². The third kappa shape index (κ3) is 4.22. The van der Waals surface area contributed by atoms with Crippen LogP contribution in [0.3, 0.4) is 0 Å². The van der Waals surface area contributed by atoms with Gasteiger partial charge < -0.3 is 0 Å². The number of hydrogen-bond acceptors (Lipinski definition) is 3. The Morgan fingerprint density at radius 3 is 2.11 bits per heavy atom. The van der Waals surface area contributed by atoms with E-state index in [1.807, 2.05) is 88.6 Å². The molecule has 1 N–H and O–H groups in total. The van der Waals surface area contributed by atoms with Crippen molar-refractivity contribution in [2.45, 2.75) is 40.5 Å². The molecule has 2 amide bonds. The fraction of sp³-hybridized carbons (Fsp3) is 0.200. The number of aromatic nitrogens is 3. The normalized spacial score (nSPS) is 13.7. The van der Waals surface area contributed by atoms with Crippen LogP contribution in [0.5, 0.6) is 0 Å². The molecule has 0 unspecified atom stereocenters. The lowest BCUT2D eigenvalue weighted by molar-refractivity contribution is -0.577. The minimum absolute atomic E-state index is 0.112. The number of benzene rings is 2. The van der Waals surface area contributed by atoms with E-state index in [2.05, 4.69) is 5.10 Å². The molecule has 0 atom stereocenters. The number of imide groups is 1. The Hall–Kier alpha value is -4.52. The number of aromatic amines is 1. The van der Waals surface area contributed by atoms with E-state index < -0.39 is 11.8 Å². The lowest BCUT2D eigenvalue weighted by atomic mass is 10.0. The van der Waals surface area contributed by atoms with Gasteiger partial charge in [0.15, 0.2) is 12.4 Å². The summed E-state index contributed by atoms with van der Waals surface area (Å²) in [6, 6.07) is 18.5. The minimum Gasteiger partial charge on any atom is -0.294 e. The lowest BCUT2D eigenvalue weighted by Crippen LogP contribution is -2.40. The molecule has 4 aromatic rings. The highest BCUT2D eigenvalue weighted by Gasteiger charge is 2.48. The zero-order chi connectivity index (χ0) is 26.3. The van der Waals surface area contributed by atoms with Gasteiger partial charge in [-0.1, -0.05) is 43.7 Å². The number of rotatable bonds is 6. The fourth-order valence-electron chi connectivity index (χ4n) is 4.95. The molecule has 37 heavy (non-hydrogen) atoms. The Balaban J connectivity index is 1.81. The first-order valence-corrected chi connectivity index (χ1v) is 12.4. The number of carbonyl (C=O) groups excluding carboxylic acids is 2. The Morgan fingerprint density at radius 2 is 1.46 bits per heavy atom. The highest BCUT2D eigenvalue weighted by molar-refractivity contribution is 6.53. The van der Waals surface area contributed by atoms with Crippen LogP contribution in [-0.2, 0) is 16.0 Å². The predicted molar refractivity (Wildman–Crippen MR) is 143 cm³/mol. The van der Waals surface area contributed by atoms with E-state index in [0.717, 1.165) is 23.1 Å². The predicted octanol–water partition coefficient (Wildman–Crippen LogP) is 4.27. The van der Waals surface area contributed by atoms with E-state index >= 15 is 0 Å². The van der Waals surface area contributed by atoms with Gasteiger partial charge in [0, 0.05) is 16.8 Å². The molecule has 7 heteroatoms. The van der Waals surface area contributed by atoms with Crippen LogP contribution in [0.15, 0.2) is 77.9 Å². The molecular formula is C30H29N4O3+. The Labute approximate surface area is 215 Å². The zero-order valence-corrected chi connectivity index (χ0v) is 21.4. The van der Waals surface area contributed by atoms with Crippen molar-refractivity contribution < 1.29 is 14.2 Å². The summed E-state index contributed by atoms with van der Waals surface area (Å²) in [4.78, 5) is 43.2. The van der Waals surface area contributed by atoms with Crippen molar-refractivity contribution in [2.24, 2.45) is 0 Å². The number of hydrogen-bond donors (Lipinski definition) is 1. The van der Waals surface area contributed by atoms with Crippen LogP contribution in [0.25, 0.3) is 17.0 Å². The maximum absolute atomic E-state index is 14.1. The molecule has 3 heterocycles. The number of anilines is 1. The van der Waals surface area contributed by atoms with Crippen molar-refractivity contribution in [1.29, 1.82) is 0 Å². The second-order valence-corrected chi connectivity index (χ2v) is 9.50. The van der Waals surface area contributed by atoms with E-state index in [0.29, 0.717) is 23.5 Å². The molecule has 5 rings (SSSR count). The van der Waals surface area contributed by atoms with Crippen molar-refractivity contribution in [3.05, 3.63) is 111 Å². The number of carbonyl (C=O) groups is 2. The van der Waals surface area contributed by atoms with E-state index in [1.54, 1.807) is 16.7 Å². The van der Waals surface area contributed by atoms with Gasteiger partial charge in [0.2, 0.25) is 0 Å². The maximum atomic E-state index is 14.1. The first-order chi connectivity index (χ1) is 17.8. The van der Waals surface area contributed by atoms with E-state index in [1.165, 1.54) is 9.58 Å². The van der Waals surface area contributed by atoms with E-state index in [9.17, 15) is 14.4 Å². The van der Waals surface area contributed by atoms with Gasteiger partial charge in [-0.25, -0.2) is 9.58 Å². The zero-order valence-electron chi connectivity index (χ0n) is 21.4. The number of nitrogens with one attached hydrogen (secondary N) is 1. The van der Waals surface area contributed by atoms with Crippen LogP contribution >= 0.6 is 0 Å². The van der Waals surface area contributed by atoms with Gasteiger partial charge in [0.25, 0.3) is 17.2 Å². The molecule has 0 saturated heterocycles. The molecule has 186 valence electrons. The van der Waals surface area contributed by atoms with Crippen LogP contribution in [0.1, 0.15) is 41.3 Å². The molecule has 2 aromatic carbocycles. The minimum atomic E-state index is -0.508. The fourth-order valence-corrected chi connectivity index (χ4v) is 4.95. The highest BCUT2D eigenvalue weighted by Crippen LogP contribution is 2.34. The van der Waals surface area contributed by atoms with Gasteiger partial charge in [-0.15, -0.1) is 0 Å². The Kier molecular flexibility index (Phi) is 6.21. The first kappa shape index (κ1) is 24.2. The second kappa shape index (κ2) is 9.50. The largest absolute Gasteiger partial charge is 0.331 e. The SMILES string of the molecule is CCCc1[nH]n(-c2ccccc2)c(=O)c1C1=C([n+]2cc(C)cc(C)c2)C(=O)N(c2cccc(C)c2)C1=O. The summed E-state index contributed by atoms with van der Waals surface area (Å²) in [6.07, 6.45) is 4.93. The first-order valence-electron chi connectivity index (χ1n) is 12.4. The molecule has 7 nitrogen and oxygen atoms in total. The molecular weight excluding hydrogens is 464 g/mol. The molecule has 2 aromatic heterocycles. The molecule has 0 fully saturated rings. The maximum Gasteiger partial charge on any atom is 0.331 e. The second-order valence-electron chi connectivity index (χ2n) is 9.50. The summed E-state index contributed by atoms with van der Waals surface area (Å²) in [5, 5.41) is 3.22. The number of nitrogens with zero attached hydrogens (tertiary/aromatic N) is 3. The Bertz CT molecular complexity index is 1610. The summed E-state index contributed by atoms with van der Waals surface area (Å²) in [5.74, 6) is -0.971. The molecule has 0 spiro atoms.